The van der Waals surface area contributed by atoms with Crippen molar-refractivity contribution in [3.8, 4) is 6.07 Å². The van der Waals surface area contributed by atoms with E-state index >= 15 is 0 Å². The predicted molar refractivity (Wildman–Crippen MR) is 83.2 cm³/mol. The number of anilines is 1. The quantitative estimate of drug-likeness (QED) is 0.684. The van der Waals surface area contributed by atoms with Crippen LogP contribution in [-0.2, 0) is 0 Å². The third kappa shape index (κ3) is 2.72. The Kier molecular flexibility index (Phi) is 4.94. The molecule has 3 nitrogen and oxygen atoms in total. The largest absolute Gasteiger partial charge is 0.408 e. The number of alkyl halides is 6. The molecule has 2 N–H and O–H groups in total. The fraction of sp³-hybridized carbons (Fsp3) is 0.353. The molecule has 1 aliphatic rings. The van der Waals surface area contributed by atoms with Gasteiger partial charge in [0, 0.05) is 11.6 Å². The van der Waals surface area contributed by atoms with Crippen molar-refractivity contribution in [2.75, 3.05) is 4.90 Å². The van der Waals surface area contributed by atoms with Gasteiger partial charge in [-0.1, -0.05) is 25.1 Å². The summed E-state index contributed by atoms with van der Waals surface area (Å²) in [6.07, 6.45) is -10.7. The van der Waals surface area contributed by atoms with E-state index in [1.165, 1.54) is 19.1 Å². The summed E-state index contributed by atoms with van der Waals surface area (Å²) in [6.45, 7) is 1.90. The molecule has 2 rings (SSSR count). The molecule has 0 saturated heterocycles. The van der Waals surface area contributed by atoms with E-state index in [1.54, 1.807) is 0 Å². The number of hydrogen-bond acceptors (Lipinski definition) is 3. The average Bonchev–Trinajstić information content (AvgIpc) is 2.54. The Morgan fingerprint density at radius 2 is 1.67 bits per heavy atom. The smallest absolute Gasteiger partial charge is 0.384 e. The fourth-order valence-corrected chi connectivity index (χ4v) is 3.45. The molecule has 1 heterocycles. The lowest BCUT2D eigenvalue weighted by Crippen LogP contribution is -2.61. The number of para-hydroxylation sites is 1. The Hall–Kier alpha value is -2.70. The van der Waals surface area contributed by atoms with Gasteiger partial charge in [0.25, 0.3) is 0 Å². The van der Waals surface area contributed by atoms with Gasteiger partial charge < -0.3 is 5.73 Å². The molecule has 146 valence electrons. The zero-order chi connectivity index (χ0) is 20.8. The second-order valence-electron chi connectivity index (χ2n) is 5.90. The van der Waals surface area contributed by atoms with Crippen molar-refractivity contribution in [2.45, 2.75) is 26.2 Å². The highest BCUT2D eigenvalue weighted by molar-refractivity contribution is 5.64. The second kappa shape index (κ2) is 6.48. The summed E-state index contributed by atoms with van der Waals surface area (Å²) >= 11 is 0. The molecule has 0 saturated carbocycles. The van der Waals surface area contributed by atoms with E-state index in [2.05, 4.69) is 0 Å². The van der Waals surface area contributed by atoms with Crippen LogP contribution in [0.15, 0.2) is 47.4 Å². The fourth-order valence-electron chi connectivity index (χ4n) is 3.45. The van der Waals surface area contributed by atoms with Crippen LogP contribution in [-0.4, -0.2) is 12.4 Å². The number of allylic oxidation sites excluding steroid dienone is 3. The minimum atomic E-state index is -5.87. The molecule has 0 amide bonds. The van der Waals surface area contributed by atoms with Crippen molar-refractivity contribution in [3.63, 3.8) is 0 Å². The van der Waals surface area contributed by atoms with Crippen molar-refractivity contribution < 1.29 is 30.7 Å². The first-order valence-corrected chi connectivity index (χ1v) is 7.60. The second-order valence-corrected chi connectivity index (χ2v) is 5.90. The summed E-state index contributed by atoms with van der Waals surface area (Å²) < 4.78 is 96.9. The van der Waals surface area contributed by atoms with Gasteiger partial charge in [-0.3, -0.25) is 4.90 Å². The van der Waals surface area contributed by atoms with Crippen LogP contribution in [0.3, 0.4) is 0 Å². The van der Waals surface area contributed by atoms with Gasteiger partial charge in [0.05, 0.1) is 17.3 Å². The first-order valence-electron chi connectivity index (χ1n) is 7.60. The predicted octanol–water partition coefficient (Wildman–Crippen LogP) is 4.99. The van der Waals surface area contributed by atoms with Gasteiger partial charge in [0.2, 0.25) is 5.41 Å². The average molecular weight is 393 g/mol. The van der Waals surface area contributed by atoms with E-state index in [1.807, 2.05) is 0 Å². The van der Waals surface area contributed by atoms with Crippen LogP contribution >= 0.6 is 0 Å². The van der Waals surface area contributed by atoms with Crippen molar-refractivity contribution in [1.82, 2.24) is 0 Å². The van der Waals surface area contributed by atoms with Crippen LogP contribution in [0.1, 0.15) is 13.8 Å². The molecule has 0 radical (unpaired) electrons. The van der Waals surface area contributed by atoms with Crippen molar-refractivity contribution in [3.05, 3.63) is 53.2 Å². The number of nitrogens with two attached hydrogens (primary N) is 1. The Morgan fingerprint density at radius 3 is 2.07 bits per heavy atom. The standard InChI is InChI=1S/C17H14F7N3/c1-3-12-9(2)15(16(19,20)21,17(22,23)24)10(8-25)14(26)27(12)13-7-5-4-6-11(13)18/h3-7,9H,26H2,1-2H3/b12-3+. The van der Waals surface area contributed by atoms with Crippen LogP contribution in [0.5, 0.6) is 0 Å². The maximum absolute atomic E-state index is 14.2. The molecule has 0 aromatic heterocycles. The Morgan fingerprint density at radius 1 is 1.15 bits per heavy atom. The molecule has 0 fully saturated rings. The highest BCUT2D eigenvalue weighted by atomic mass is 19.4. The first-order chi connectivity index (χ1) is 12.4. The summed E-state index contributed by atoms with van der Waals surface area (Å²) in [5, 5.41) is 9.21. The normalized spacial score (nSPS) is 22.1. The van der Waals surface area contributed by atoms with Crippen molar-refractivity contribution >= 4 is 5.69 Å². The van der Waals surface area contributed by atoms with Crippen molar-refractivity contribution in [2.24, 2.45) is 17.1 Å². The molecular formula is C17H14F7N3. The van der Waals surface area contributed by atoms with Gasteiger partial charge in [0.15, 0.2) is 0 Å². The molecule has 1 unspecified atom stereocenters. The lowest BCUT2D eigenvalue weighted by atomic mass is 9.65. The van der Waals surface area contributed by atoms with Gasteiger partial charge in [0.1, 0.15) is 11.6 Å². The van der Waals surface area contributed by atoms with Crippen LogP contribution in [0, 0.1) is 28.5 Å². The molecule has 0 bridgehead atoms. The lowest BCUT2D eigenvalue weighted by molar-refractivity contribution is -0.337. The van der Waals surface area contributed by atoms with Gasteiger partial charge >= 0.3 is 12.4 Å². The monoisotopic (exact) mass is 393 g/mol. The summed E-state index contributed by atoms with van der Waals surface area (Å²) in [6, 6.07) is 5.72. The Bertz CT molecular complexity index is 829. The Labute approximate surface area is 150 Å². The zero-order valence-electron chi connectivity index (χ0n) is 14.1. The number of rotatable bonds is 1. The molecule has 0 aliphatic carbocycles. The van der Waals surface area contributed by atoms with E-state index in [0.29, 0.717) is 11.8 Å². The van der Waals surface area contributed by atoms with Gasteiger partial charge in [-0.15, -0.1) is 0 Å². The SMILES string of the molecule is C/C=C1\C(C)C(C(F)(F)F)(C(F)(F)F)C(C#N)=C(N)N1c1ccccc1F. The molecular weight excluding hydrogens is 379 g/mol. The third-order valence-electron chi connectivity index (χ3n) is 4.64. The maximum Gasteiger partial charge on any atom is 0.408 e. The number of benzene rings is 1. The third-order valence-corrected chi connectivity index (χ3v) is 4.64. The molecule has 1 aromatic rings. The number of halogens is 7. The lowest BCUT2D eigenvalue weighted by Gasteiger charge is -2.49. The van der Waals surface area contributed by atoms with Gasteiger partial charge in [-0.05, 0) is 19.1 Å². The van der Waals surface area contributed by atoms with E-state index in [-0.39, 0.29) is 5.69 Å². The minimum Gasteiger partial charge on any atom is -0.384 e. The zero-order valence-corrected chi connectivity index (χ0v) is 14.1. The molecule has 10 heteroatoms. The van der Waals surface area contributed by atoms with E-state index in [4.69, 9.17) is 5.73 Å². The first kappa shape index (κ1) is 20.6. The van der Waals surface area contributed by atoms with Crippen LogP contribution in [0.2, 0.25) is 0 Å². The summed E-state index contributed by atoms with van der Waals surface area (Å²) in [5.74, 6) is -4.33. The maximum atomic E-state index is 14.2. The topological polar surface area (TPSA) is 53.1 Å². The number of hydrogen-bond donors (Lipinski definition) is 1. The number of nitriles is 1. The summed E-state index contributed by atoms with van der Waals surface area (Å²) in [4.78, 5) is 0.717. The molecule has 1 aliphatic heterocycles. The van der Waals surface area contributed by atoms with Crippen LogP contribution < -0.4 is 10.6 Å². The summed E-state index contributed by atoms with van der Waals surface area (Å²) in [7, 11) is 0. The Balaban J connectivity index is 2.99. The van der Waals surface area contributed by atoms with Crippen LogP contribution in [0.4, 0.5) is 36.4 Å². The highest BCUT2D eigenvalue weighted by Crippen LogP contribution is 2.63. The minimum absolute atomic E-state index is 0.361. The van der Waals surface area contributed by atoms with E-state index in [9.17, 15) is 36.0 Å². The molecule has 1 atom stereocenters. The van der Waals surface area contributed by atoms with E-state index in [0.717, 1.165) is 24.3 Å². The molecule has 0 spiro atoms. The van der Waals surface area contributed by atoms with Gasteiger partial charge in [-0.25, -0.2) is 4.39 Å². The van der Waals surface area contributed by atoms with Crippen molar-refractivity contribution in [1.29, 1.82) is 5.26 Å². The van der Waals surface area contributed by atoms with Gasteiger partial charge in [-0.2, -0.15) is 31.6 Å². The molecule has 27 heavy (non-hydrogen) atoms. The van der Waals surface area contributed by atoms with Crippen LogP contribution in [0.25, 0.3) is 0 Å². The highest BCUT2D eigenvalue weighted by Gasteiger charge is 2.77. The molecule has 1 aromatic carbocycles. The number of nitrogens with zero attached hydrogens (tertiary/aromatic N) is 2. The van der Waals surface area contributed by atoms with E-state index < -0.39 is 46.6 Å². The summed E-state index contributed by atoms with van der Waals surface area (Å²) in [5.41, 5.74) is -1.51.